The smallest absolute Gasteiger partial charge is 0.325 e. The molecule has 0 heterocycles. The summed E-state index contributed by atoms with van der Waals surface area (Å²) in [4.78, 5) is 11.6. The molecule has 4 nitrogen and oxygen atoms in total. The van der Waals surface area contributed by atoms with Crippen molar-refractivity contribution in [3.05, 3.63) is 0 Å². The molecule has 0 aromatic heterocycles. The van der Waals surface area contributed by atoms with E-state index in [0.29, 0.717) is 13.2 Å². The number of ether oxygens (including phenoxy) is 2. The van der Waals surface area contributed by atoms with Crippen molar-refractivity contribution in [3.63, 3.8) is 0 Å². The van der Waals surface area contributed by atoms with Gasteiger partial charge in [0.1, 0.15) is 6.04 Å². The van der Waals surface area contributed by atoms with Gasteiger partial charge in [-0.15, -0.1) is 0 Å². The molecule has 0 bridgehead atoms. The summed E-state index contributed by atoms with van der Waals surface area (Å²) < 4.78 is 10.5. The fourth-order valence-electron chi connectivity index (χ4n) is 1.41. The maximum absolute atomic E-state index is 11.6. The van der Waals surface area contributed by atoms with E-state index >= 15 is 0 Å². The first-order chi connectivity index (χ1) is 7.77. The Morgan fingerprint density at radius 2 is 2.19 bits per heavy atom. The maximum atomic E-state index is 11.6. The second-order valence-electron chi connectivity index (χ2n) is 4.24. The largest absolute Gasteiger partial charge is 0.465 e. The van der Waals surface area contributed by atoms with Crippen molar-refractivity contribution in [1.82, 2.24) is 5.32 Å². The van der Waals surface area contributed by atoms with E-state index in [9.17, 15) is 4.79 Å². The summed E-state index contributed by atoms with van der Waals surface area (Å²) in [6.07, 6.45) is 3.54. The second-order valence-corrected chi connectivity index (χ2v) is 4.24. The predicted molar refractivity (Wildman–Crippen MR) is 62.3 cm³/mol. The Kier molecular flexibility index (Phi) is 6.42. The first kappa shape index (κ1) is 13.5. The highest BCUT2D eigenvalue weighted by Crippen LogP contribution is 2.28. The molecule has 0 aromatic carbocycles. The average molecular weight is 229 g/mol. The molecule has 0 aromatic rings. The molecule has 1 saturated carbocycles. The number of rotatable bonds is 9. The first-order valence-electron chi connectivity index (χ1n) is 6.25. The number of hydrogen-bond acceptors (Lipinski definition) is 4. The van der Waals surface area contributed by atoms with Crippen LogP contribution in [0.5, 0.6) is 0 Å². The zero-order chi connectivity index (χ0) is 11.8. The van der Waals surface area contributed by atoms with Crippen molar-refractivity contribution in [3.8, 4) is 0 Å². The summed E-state index contributed by atoms with van der Waals surface area (Å²) in [5.74, 6) is 0.528. The lowest BCUT2D eigenvalue weighted by Gasteiger charge is -2.16. The fraction of sp³-hybridized carbons (Fsp3) is 0.917. The van der Waals surface area contributed by atoms with Gasteiger partial charge in [-0.25, -0.2) is 0 Å². The van der Waals surface area contributed by atoms with Gasteiger partial charge < -0.3 is 14.8 Å². The maximum Gasteiger partial charge on any atom is 0.325 e. The highest BCUT2D eigenvalue weighted by Gasteiger charge is 2.24. The van der Waals surface area contributed by atoms with E-state index in [4.69, 9.17) is 9.47 Å². The van der Waals surface area contributed by atoms with Crippen molar-refractivity contribution in [2.75, 3.05) is 26.4 Å². The van der Waals surface area contributed by atoms with Gasteiger partial charge in [-0.05, 0) is 38.6 Å². The Morgan fingerprint density at radius 1 is 1.44 bits per heavy atom. The second kappa shape index (κ2) is 7.63. The standard InChI is InChI=1S/C12H23NO3/c1-3-7-13-11(12(14)16-4-2)9-15-8-10-5-6-10/h10-11,13H,3-9H2,1-2H3. The Labute approximate surface area is 97.7 Å². The summed E-state index contributed by atoms with van der Waals surface area (Å²) in [5.41, 5.74) is 0. The van der Waals surface area contributed by atoms with E-state index in [1.165, 1.54) is 12.8 Å². The van der Waals surface area contributed by atoms with Crippen molar-refractivity contribution >= 4 is 5.97 Å². The summed E-state index contributed by atoms with van der Waals surface area (Å²) in [6.45, 7) is 6.33. The molecule has 1 rings (SSSR count). The van der Waals surface area contributed by atoms with Crippen LogP contribution in [0.3, 0.4) is 0 Å². The topological polar surface area (TPSA) is 47.6 Å². The molecular formula is C12H23NO3. The van der Waals surface area contributed by atoms with E-state index in [1.54, 1.807) is 0 Å². The SMILES string of the molecule is CCCNC(COCC1CC1)C(=O)OCC. The third-order valence-electron chi connectivity index (χ3n) is 2.55. The molecule has 0 radical (unpaired) electrons. The van der Waals surface area contributed by atoms with Crippen molar-refractivity contribution in [2.24, 2.45) is 5.92 Å². The molecule has 0 spiro atoms. The predicted octanol–water partition coefficient (Wildman–Crippen LogP) is 1.34. The van der Waals surface area contributed by atoms with Crippen LogP contribution in [0.2, 0.25) is 0 Å². The average Bonchev–Trinajstić information content (AvgIpc) is 3.07. The molecule has 1 aliphatic carbocycles. The zero-order valence-electron chi connectivity index (χ0n) is 10.3. The highest BCUT2D eigenvalue weighted by molar-refractivity contribution is 5.75. The number of carbonyl (C=O) groups excluding carboxylic acids is 1. The monoisotopic (exact) mass is 229 g/mol. The Balaban J connectivity index is 2.20. The van der Waals surface area contributed by atoms with Crippen LogP contribution in [0.4, 0.5) is 0 Å². The number of esters is 1. The summed E-state index contributed by atoms with van der Waals surface area (Å²) >= 11 is 0. The van der Waals surface area contributed by atoms with Crippen LogP contribution < -0.4 is 5.32 Å². The Morgan fingerprint density at radius 3 is 2.75 bits per heavy atom. The lowest BCUT2D eigenvalue weighted by molar-refractivity contribution is -0.147. The molecule has 4 heteroatoms. The Hall–Kier alpha value is -0.610. The minimum absolute atomic E-state index is 0.202. The molecule has 0 amide bonds. The van der Waals surface area contributed by atoms with Gasteiger partial charge in [-0.2, -0.15) is 0 Å². The zero-order valence-corrected chi connectivity index (χ0v) is 10.3. The van der Waals surface area contributed by atoms with E-state index in [-0.39, 0.29) is 12.0 Å². The third kappa shape index (κ3) is 5.47. The summed E-state index contributed by atoms with van der Waals surface area (Å²) in [6, 6.07) is -0.307. The van der Waals surface area contributed by atoms with Gasteiger partial charge >= 0.3 is 5.97 Å². The number of nitrogens with one attached hydrogen (secondary N) is 1. The molecule has 1 aliphatic rings. The molecule has 1 unspecified atom stereocenters. The molecule has 94 valence electrons. The van der Waals surface area contributed by atoms with Crippen LogP contribution >= 0.6 is 0 Å². The molecule has 1 atom stereocenters. The molecule has 0 aliphatic heterocycles. The van der Waals surface area contributed by atoms with Crippen molar-refractivity contribution < 1.29 is 14.3 Å². The number of carbonyl (C=O) groups is 1. The van der Waals surface area contributed by atoms with Crippen molar-refractivity contribution in [1.29, 1.82) is 0 Å². The van der Waals surface area contributed by atoms with Gasteiger partial charge in [0.05, 0.1) is 13.2 Å². The van der Waals surface area contributed by atoms with Gasteiger partial charge in [0, 0.05) is 6.61 Å². The molecule has 1 N–H and O–H groups in total. The quantitative estimate of drug-likeness (QED) is 0.606. The fourth-order valence-corrected chi connectivity index (χ4v) is 1.41. The number of hydrogen-bond donors (Lipinski definition) is 1. The summed E-state index contributed by atoms with van der Waals surface area (Å²) in [5, 5.41) is 3.15. The molecule has 16 heavy (non-hydrogen) atoms. The van der Waals surface area contributed by atoms with Crippen LogP contribution in [0.25, 0.3) is 0 Å². The van der Waals surface area contributed by atoms with Gasteiger partial charge in [-0.3, -0.25) is 4.79 Å². The minimum Gasteiger partial charge on any atom is -0.465 e. The Bertz CT molecular complexity index is 204. The van der Waals surface area contributed by atoms with E-state index in [2.05, 4.69) is 12.2 Å². The van der Waals surface area contributed by atoms with E-state index in [1.807, 2.05) is 6.92 Å². The van der Waals surface area contributed by atoms with Gasteiger partial charge in [-0.1, -0.05) is 6.92 Å². The van der Waals surface area contributed by atoms with Crippen molar-refractivity contribution in [2.45, 2.75) is 39.2 Å². The van der Waals surface area contributed by atoms with Crippen LogP contribution in [-0.4, -0.2) is 38.4 Å². The van der Waals surface area contributed by atoms with Crippen LogP contribution in [0, 0.1) is 5.92 Å². The van der Waals surface area contributed by atoms with Crippen LogP contribution in [-0.2, 0) is 14.3 Å². The van der Waals surface area contributed by atoms with E-state index in [0.717, 1.165) is 25.5 Å². The van der Waals surface area contributed by atoms with Crippen LogP contribution in [0.15, 0.2) is 0 Å². The van der Waals surface area contributed by atoms with Gasteiger partial charge in [0.25, 0.3) is 0 Å². The van der Waals surface area contributed by atoms with Crippen LogP contribution in [0.1, 0.15) is 33.1 Å². The van der Waals surface area contributed by atoms with E-state index < -0.39 is 0 Å². The first-order valence-corrected chi connectivity index (χ1v) is 6.25. The molecule has 0 saturated heterocycles. The highest BCUT2D eigenvalue weighted by atomic mass is 16.5. The van der Waals surface area contributed by atoms with Gasteiger partial charge in [0.2, 0.25) is 0 Å². The van der Waals surface area contributed by atoms with Gasteiger partial charge in [0.15, 0.2) is 0 Å². The third-order valence-corrected chi connectivity index (χ3v) is 2.55. The normalized spacial score (nSPS) is 17.1. The molecule has 1 fully saturated rings. The lowest BCUT2D eigenvalue weighted by Crippen LogP contribution is -2.42. The lowest BCUT2D eigenvalue weighted by atomic mass is 10.3. The molecular weight excluding hydrogens is 206 g/mol. The minimum atomic E-state index is -0.307. The summed E-state index contributed by atoms with van der Waals surface area (Å²) in [7, 11) is 0.